The second-order valence-electron chi connectivity index (χ2n) is 2.13. The Kier molecular flexibility index (Phi) is 2.00. The summed E-state index contributed by atoms with van der Waals surface area (Å²) in [5.41, 5.74) is 0.692. The van der Waals surface area contributed by atoms with Crippen molar-refractivity contribution < 1.29 is 8.78 Å². The number of hydrogen-bond donors (Lipinski definition) is 0. The van der Waals surface area contributed by atoms with Gasteiger partial charge in [-0.25, -0.2) is 8.78 Å². The second kappa shape index (κ2) is 2.78. The van der Waals surface area contributed by atoms with E-state index in [1.54, 1.807) is 0 Å². The van der Waals surface area contributed by atoms with E-state index in [-0.39, 0.29) is 0 Å². The van der Waals surface area contributed by atoms with E-state index in [9.17, 15) is 8.78 Å². The molecular formula is C8H8F2. The maximum Gasteiger partial charge on any atom is 0.126 e. The lowest BCUT2D eigenvalue weighted by molar-refractivity contribution is 0.580. The molecule has 0 aliphatic heterocycles. The van der Waals surface area contributed by atoms with Gasteiger partial charge in [0.15, 0.2) is 0 Å². The lowest BCUT2D eigenvalue weighted by Crippen LogP contribution is -1.84. The minimum absolute atomic E-state index is 0.503. The third-order valence-corrected chi connectivity index (χ3v) is 1.33. The molecule has 0 saturated heterocycles. The molecule has 1 aromatic carbocycles. The van der Waals surface area contributed by atoms with Crippen molar-refractivity contribution in [2.24, 2.45) is 0 Å². The summed E-state index contributed by atoms with van der Waals surface area (Å²) in [7, 11) is 0. The van der Waals surface area contributed by atoms with Crippen molar-refractivity contribution in [1.29, 1.82) is 0 Å². The molecular weight excluding hydrogens is 134 g/mol. The van der Waals surface area contributed by atoms with Gasteiger partial charge in [0.25, 0.3) is 0 Å². The molecule has 54 valence electrons. The van der Waals surface area contributed by atoms with Crippen LogP contribution in [0, 0.1) is 11.6 Å². The van der Waals surface area contributed by atoms with Gasteiger partial charge in [-0.3, -0.25) is 0 Å². The summed E-state index contributed by atoms with van der Waals surface area (Å²) >= 11 is 0. The average Bonchev–Trinajstić information content (AvgIpc) is 1.85. The summed E-state index contributed by atoms with van der Waals surface area (Å²) in [6.07, 6.45) is 0.661. The van der Waals surface area contributed by atoms with Crippen molar-refractivity contribution in [3.8, 4) is 0 Å². The molecule has 0 unspecified atom stereocenters. The van der Waals surface area contributed by atoms with E-state index in [1.807, 2.05) is 6.92 Å². The Bertz CT molecular complexity index is 210. The fraction of sp³-hybridized carbons (Fsp3) is 0.250. The molecule has 0 aliphatic rings. The van der Waals surface area contributed by atoms with Gasteiger partial charge in [0.05, 0.1) is 0 Å². The van der Waals surface area contributed by atoms with Crippen LogP contribution in [0.2, 0.25) is 0 Å². The summed E-state index contributed by atoms with van der Waals surface area (Å²) < 4.78 is 24.8. The van der Waals surface area contributed by atoms with Crippen LogP contribution in [0.4, 0.5) is 8.78 Å². The monoisotopic (exact) mass is 142 g/mol. The maximum absolute atomic E-state index is 12.4. The Hall–Kier alpha value is -0.920. The summed E-state index contributed by atoms with van der Waals surface area (Å²) in [5, 5.41) is 0. The predicted octanol–water partition coefficient (Wildman–Crippen LogP) is 2.53. The number of hydrogen-bond acceptors (Lipinski definition) is 0. The molecule has 2 heteroatoms. The molecule has 0 aromatic heterocycles. The summed E-state index contributed by atoms with van der Waals surface area (Å²) in [6.45, 7) is 1.86. The molecule has 0 aliphatic carbocycles. The van der Waals surface area contributed by atoms with Crippen LogP contribution in [0.15, 0.2) is 18.2 Å². The van der Waals surface area contributed by atoms with E-state index in [4.69, 9.17) is 0 Å². The Morgan fingerprint density at radius 1 is 1.10 bits per heavy atom. The van der Waals surface area contributed by atoms with Crippen LogP contribution in [0.25, 0.3) is 0 Å². The van der Waals surface area contributed by atoms with Crippen molar-refractivity contribution in [1.82, 2.24) is 0 Å². The molecule has 0 N–H and O–H groups in total. The van der Waals surface area contributed by atoms with Crippen LogP contribution in [-0.2, 0) is 6.42 Å². The van der Waals surface area contributed by atoms with E-state index < -0.39 is 11.6 Å². The maximum atomic E-state index is 12.4. The largest absolute Gasteiger partial charge is 0.207 e. The summed E-state index contributed by atoms with van der Waals surface area (Å²) in [6, 6.07) is 3.55. The van der Waals surface area contributed by atoms with Gasteiger partial charge in [-0.05, 0) is 24.1 Å². The van der Waals surface area contributed by atoms with Gasteiger partial charge >= 0.3 is 0 Å². The fourth-order valence-electron chi connectivity index (χ4n) is 0.815. The molecule has 10 heavy (non-hydrogen) atoms. The minimum atomic E-state index is -0.503. The first-order valence-corrected chi connectivity index (χ1v) is 3.17. The van der Waals surface area contributed by atoms with Gasteiger partial charge < -0.3 is 0 Å². The predicted molar refractivity (Wildman–Crippen MR) is 35.7 cm³/mol. The van der Waals surface area contributed by atoms with E-state index in [2.05, 4.69) is 0 Å². The molecule has 0 spiro atoms. The third kappa shape index (κ3) is 1.53. The van der Waals surface area contributed by atoms with Gasteiger partial charge in [0, 0.05) is 6.07 Å². The highest BCUT2D eigenvalue weighted by atomic mass is 19.1. The van der Waals surface area contributed by atoms with Gasteiger partial charge in [-0.15, -0.1) is 0 Å². The first-order valence-electron chi connectivity index (χ1n) is 3.17. The number of halogens is 2. The van der Waals surface area contributed by atoms with E-state index in [1.165, 1.54) is 12.1 Å². The zero-order valence-electron chi connectivity index (χ0n) is 5.70. The quantitative estimate of drug-likeness (QED) is 0.565. The highest BCUT2D eigenvalue weighted by Crippen LogP contribution is 2.07. The topological polar surface area (TPSA) is 0 Å². The van der Waals surface area contributed by atoms with Crippen molar-refractivity contribution >= 4 is 0 Å². The Labute approximate surface area is 58.5 Å². The SMILES string of the molecule is CCc1cc(F)cc(F)c1. The molecule has 0 fully saturated rings. The zero-order chi connectivity index (χ0) is 7.56. The van der Waals surface area contributed by atoms with Gasteiger partial charge in [0.1, 0.15) is 11.6 Å². The Morgan fingerprint density at radius 2 is 1.60 bits per heavy atom. The molecule has 0 amide bonds. The molecule has 0 radical (unpaired) electrons. The number of aryl methyl sites for hydroxylation is 1. The van der Waals surface area contributed by atoms with Crippen molar-refractivity contribution in [3.63, 3.8) is 0 Å². The fourth-order valence-corrected chi connectivity index (χ4v) is 0.815. The minimum Gasteiger partial charge on any atom is -0.207 e. The van der Waals surface area contributed by atoms with Crippen LogP contribution >= 0.6 is 0 Å². The molecule has 1 aromatic rings. The van der Waals surface area contributed by atoms with Crippen molar-refractivity contribution in [2.75, 3.05) is 0 Å². The van der Waals surface area contributed by atoms with E-state index >= 15 is 0 Å². The molecule has 0 saturated carbocycles. The molecule has 1 rings (SSSR count). The molecule has 0 nitrogen and oxygen atoms in total. The molecule has 0 atom stereocenters. The highest BCUT2D eigenvalue weighted by Gasteiger charge is 1.96. The number of rotatable bonds is 1. The van der Waals surface area contributed by atoms with Gasteiger partial charge in [-0.1, -0.05) is 6.92 Å². The molecule has 0 heterocycles. The summed E-state index contributed by atoms with van der Waals surface area (Å²) in [4.78, 5) is 0. The highest BCUT2D eigenvalue weighted by molar-refractivity contribution is 5.17. The molecule has 0 bridgehead atoms. The van der Waals surface area contributed by atoms with Crippen LogP contribution in [0.1, 0.15) is 12.5 Å². The Balaban J connectivity index is 3.06. The third-order valence-electron chi connectivity index (χ3n) is 1.33. The first-order chi connectivity index (χ1) is 4.72. The van der Waals surface area contributed by atoms with Crippen molar-refractivity contribution in [3.05, 3.63) is 35.4 Å². The van der Waals surface area contributed by atoms with Crippen LogP contribution in [-0.4, -0.2) is 0 Å². The van der Waals surface area contributed by atoms with E-state index in [0.717, 1.165) is 6.07 Å². The Morgan fingerprint density at radius 3 is 2.00 bits per heavy atom. The summed E-state index contributed by atoms with van der Waals surface area (Å²) in [5.74, 6) is -1.01. The first kappa shape index (κ1) is 7.19. The smallest absolute Gasteiger partial charge is 0.126 e. The lowest BCUT2D eigenvalue weighted by Gasteiger charge is -1.95. The van der Waals surface area contributed by atoms with Gasteiger partial charge in [0.2, 0.25) is 0 Å². The number of benzene rings is 1. The van der Waals surface area contributed by atoms with Crippen LogP contribution < -0.4 is 0 Å². The van der Waals surface area contributed by atoms with Crippen LogP contribution in [0.3, 0.4) is 0 Å². The standard InChI is InChI=1S/C8H8F2/c1-2-6-3-7(9)5-8(10)4-6/h3-5H,2H2,1H3. The zero-order valence-corrected chi connectivity index (χ0v) is 5.70. The second-order valence-corrected chi connectivity index (χ2v) is 2.13. The normalized spacial score (nSPS) is 9.90. The lowest BCUT2D eigenvalue weighted by atomic mass is 10.2. The van der Waals surface area contributed by atoms with Gasteiger partial charge in [-0.2, -0.15) is 0 Å². The van der Waals surface area contributed by atoms with Crippen molar-refractivity contribution in [2.45, 2.75) is 13.3 Å². The van der Waals surface area contributed by atoms with Crippen LogP contribution in [0.5, 0.6) is 0 Å². The average molecular weight is 142 g/mol. The van der Waals surface area contributed by atoms with E-state index in [0.29, 0.717) is 12.0 Å².